The van der Waals surface area contributed by atoms with Crippen LogP contribution in [0.5, 0.6) is 0 Å². The van der Waals surface area contributed by atoms with Crippen molar-refractivity contribution in [3.63, 3.8) is 0 Å². The molecule has 1 aromatic carbocycles. The number of benzene rings is 1. The van der Waals surface area contributed by atoms with Gasteiger partial charge in [-0.1, -0.05) is 35.0 Å². The summed E-state index contributed by atoms with van der Waals surface area (Å²) in [6.07, 6.45) is 0.898. The molecule has 1 amide bonds. The van der Waals surface area contributed by atoms with Gasteiger partial charge in [-0.3, -0.25) is 9.69 Å². The lowest BCUT2D eigenvalue weighted by molar-refractivity contribution is -0.123. The molecular weight excluding hydrogens is 318 g/mol. The highest BCUT2D eigenvalue weighted by Crippen LogP contribution is 2.19. The van der Waals surface area contributed by atoms with Gasteiger partial charge in [0.15, 0.2) is 0 Å². The first kappa shape index (κ1) is 15.5. The maximum absolute atomic E-state index is 12.1. The van der Waals surface area contributed by atoms with Gasteiger partial charge in [-0.2, -0.15) is 0 Å². The molecule has 1 aliphatic rings. The fourth-order valence-corrected chi connectivity index (χ4v) is 2.69. The van der Waals surface area contributed by atoms with Crippen LogP contribution >= 0.6 is 15.9 Å². The summed E-state index contributed by atoms with van der Waals surface area (Å²) in [5, 5.41) is 6.43. The van der Waals surface area contributed by atoms with Gasteiger partial charge in [-0.25, -0.2) is 0 Å². The van der Waals surface area contributed by atoms with Gasteiger partial charge in [0, 0.05) is 30.7 Å². The molecule has 1 atom stereocenters. The van der Waals surface area contributed by atoms with Gasteiger partial charge in [0.05, 0.1) is 12.6 Å². The highest BCUT2D eigenvalue weighted by molar-refractivity contribution is 9.10. The van der Waals surface area contributed by atoms with E-state index in [0.29, 0.717) is 6.54 Å². The fourth-order valence-electron chi connectivity index (χ4n) is 2.43. The Balaban J connectivity index is 1.88. The van der Waals surface area contributed by atoms with E-state index in [2.05, 4.69) is 50.5 Å². The summed E-state index contributed by atoms with van der Waals surface area (Å²) in [5.74, 6) is 0.113. The predicted octanol–water partition coefficient (Wildman–Crippen LogP) is 1.92. The van der Waals surface area contributed by atoms with Crippen LogP contribution in [0.2, 0.25) is 0 Å². The zero-order valence-electron chi connectivity index (χ0n) is 11.9. The lowest BCUT2D eigenvalue weighted by Crippen LogP contribution is -2.47. The van der Waals surface area contributed by atoms with E-state index in [9.17, 15) is 4.79 Å². The number of amides is 1. The Morgan fingerprint density at radius 3 is 2.60 bits per heavy atom. The molecule has 2 rings (SSSR count). The minimum Gasteiger partial charge on any atom is -0.348 e. The normalized spacial score (nSPS) is 17.7. The number of carbonyl (C=O) groups is 1. The number of rotatable bonds is 5. The van der Waals surface area contributed by atoms with Crippen LogP contribution in [0.4, 0.5) is 0 Å². The molecule has 0 aliphatic carbocycles. The summed E-state index contributed by atoms with van der Waals surface area (Å²) in [7, 11) is 0. The molecule has 1 aliphatic heterocycles. The van der Waals surface area contributed by atoms with Gasteiger partial charge in [0.25, 0.3) is 0 Å². The molecule has 4 nitrogen and oxygen atoms in total. The molecular formula is C15H22BrN3O. The van der Waals surface area contributed by atoms with Crippen molar-refractivity contribution in [3.05, 3.63) is 34.3 Å². The first-order chi connectivity index (χ1) is 9.69. The number of hydrogen-bond acceptors (Lipinski definition) is 3. The summed E-state index contributed by atoms with van der Waals surface area (Å²) >= 11 is 3.43. The van der Waals surface area contributed by atoms with Crippen molar-refractivity contribution in [2.24, 2.45) is 0 Å². The minimum atomic E-state index is 0.0958. The fraction of sp³-hybridized carbons (Fsp3) is 0.533. The van der Waals surface area contributed by atoms with Gasteiger partial charge in [-0.05, 0) is 24.1 Å². The Hall–Kier alpha value is -0.910. The largest absolute Gasteiger partial charge is 0.348 e. The van der Waals surface area contributed by atoms with Crippen molar-refractivity contribution in [3.8, 4) is 0 Å². The summed E-state index contributed by atoms with van der Waals surface area (Å²) in [4.78, 5) is 14.3. The number of halogens is 1. The topological polar surface area (TPSA) is 44.4 Å². The van der Waals surface area contributed by atoms with E-state index in [4.69, 9.17) is 0 Å². The molecule has 1 aromatic rings. The van der Waals surface area contributed by atoms with E-state index < -0.39 is 0 Å². The quantitative estimate of drug-likeness (QED) is 0.861. The van der Waals surface area contributed by atoms with Crippen LogP contribution in [-0.4, -0.2) is 43.5 Å². The van der Waals surface area contributed by atoms with Crippen LogP contribution in [0, 0.1) is 0 Å². The molecule has 0 spiro atoms. The first-order valence-electron chi connectivity index (χ1n) is 7.17. The van der Waals surface area contributed by atoms with Crippen LogP contribution in [0.3, 0.4) is 0 Å². The molecule has 0 bridgehead atoms. The minimum absolute atomic E-state index is 0.0958. The maximum atomic E-state index is 12.1. The van der Waals surface area contributed by atoms with E-state index in [0.717, 1.165) is 42.6 Å². The Morgan fingerprint density at radius 2 is 2.00 bits per heavy atom. The van der Waals surface area contributed by atoms with E-state index >= 15 is 0 Å². The molecule has 0 radical (unpaired) electrons. The predicted molar refractivity (Wildman–Crippen MR) is 84.6 cm³/mol. The van der Waals surface area contributed by atoms with Gasteiger partial charge >= 0.3 is 0 Å². The van der Waals surface area contributed by atoms with E-state index in [1.807, 2.05) is 12.1 Å². The van der Waals surface area contributed by atoms with Crippen LogP contribution < -0.4 is 10.6 Å². The highest BCUT2D eigenvalue weighted by Gasteiger charge is 2.16. The van der Waals surface area contributed by atoms with Crippen molar-refractivity contribution in [1.82, 2.24) is 15.5 Å². The molecule has 1 saturated heterocycles. The maximum Gasteiger partial charge on any atom is 0.234 e. The SMILES string of the molecule is CCC(NC(=O)CN1CCNCC1)c1ccc(Br)cc1. The lowest BCUT2D eigenvalue weighted by Gasteiger charge is -2.27. The second-order valence-electron chi connectivity index (χ2n) is 5.11. The van der Waals surface area contributed by atoms with Crippen molar-refractivity contribution < 1.29 is 4.79 Å². The number of piperazine rings is 1. The van der Waals surface area contributed by atoms with Gasteiger partial charge in [0.2, 0.25) is 5.91 Å². The molecule has 2 N–H and O–H groups in total. The Morgan fingerprint density at radius 1 is 1.35 bits per heavy atom. The van der Waals surface area contributed by atoms with Crippen molar-refractivity contribution in [1.29, 1.82) is 0 Å². The molecule has 5 heteroatoms. The third-order valence-corrected chi connectivity index (χ3v) is 4.12. The molecule has 1 fully saturated rings. The van der Waals surface area contributed by atoms with Crippen molar-refractivity contribution in [2.45, 2.75) is 19.4 Å². The molecule has 0 aromatic heterocycles. The average molecular weight is 340 g/mol. The zero-order valence-corrected chi connectivity index (χ0v) is 13.4. The molecule has 20 heavy (non-hydrogen) atoms. The second kappa shape index (κ2) is 7.76. The molecule has 0 saturated carbocycles. The second-order valence-corrected chi connectivity index (χ2v) is 6.02. The lowest BCUT2D eigenvalue weighted by atomic mass is 10.0. The monoisotopic (exact) mass is 339 g/mol. The summed E-state index contributed by atoms with van der Waals surface area (Å²) in [6, 6.07) is 8.24. The van der Waals surface area contributed by atoms with Crippen LogP contribution in [0.15, 0.2) is 28.7 Å². The van der Waals surface area contributed by atoms with Gasteiger partial charge in [-0.15, -0.1) is 0 Å². The third-order valence-electron chi connectivity index (χ3n) is 3.59. The summed E-state index contributed by atoms with van der Waals surface area (Å²) in [6.45, 7) is 6.42. The molecule has 110 valence electrons. The Bertz CT molecular complexity index is 429. The zero-order chi connectivity index (χ0) is 14.4. The van der Waals surface area contributed by atoms with Crippen LogP contribution in [0.1, 0.15) is 24.9 Å². The van der Waals surface area contributed by atoms with Gasteiger partial charge in [0.1, 0.15) is 0 Å². The number of hydrogen-bond donors (Lipinski definition) is 2. The molecule has 1 heterocycles. The number of nitrogens with one attached hydrogen (secondary N) is 2. The number of carbonyl (C=O) groups excluding carboxylic acids is 1. The number of nitrogens with zero attached hydrogens (tertiary/aromatic N) is 1. The Kier molecular flexibility index (Phi) is 6.01. The van der Waals surface area contributed by atoms with Gasteiger partial charge < -0.3 is 10.6 Å². The third kappa shape index (κ3) is 4.58. The van der Waals surface area contributed by atoms with Crippen LogP contribution in [-0.2, 0) is 4.79 Å². The van der Waals surface area contributed by atoms with E-state index in [1.165, 1.54) is 0 Å². The smallest absolute Gasteiger partial charge is 0.234 e. The van der Waals surface area contributed by atoms with Crippen molar-refractivity contribution in [2.75, 3.05) is 32.7 Å². The van der Waals surface area contributed by atoms with Crippen LogP contribution in [0.25, 0.3) is 0 Å². The summed E-state index contributed by atoms with van der Waals surface area (Å²) < 4.78 is 1.06. The highest BCUT2D eigenvalue weighted by atomic mass is 79.9. The van der Waals surface area contributed by atoms with E-state index in [-0.39, 0.29) is 11.9 Å². The van der Waals surface area contributed by atoms with Crippen molar-refractivity contribution >= 4 is 21.8 Å². The molecule has 1 unspecified atom stereocenters. The first-order valence-corrected chi connectivity index (χ1v) is 7.96. The Labute approximate surface area is 129 Å². The average Bonchev–Trinajstić information content (AvgIpc) is 2.47. The summed E-state index contributed by atoms with van der Waals surface area (Å²) in [5.41, 5.74) is 1.16. The standard InChI is InChI=1S/C15H22BrN3O/c1-2-14(12-3-5-13(16)6-4-12)18-15(20)11-19-9-7-17-8-10-19/h3-6,14,17H,2,7-11H2,1H3,(H,18,20). The van der Waals surface area contributed by atoms with E-state index in [1.54, 1.807) is 0 Å².